The van der Waals surface area contributed by atoms with Crippen molar-refractivity contribution in [2.75, 3.05) is 0 Å². The number of rotatable bonds is 6. The van der Waals surface area contributed by atoms with Crippen LogP contribution in [-0.4, -0.2) is 26.9 Å². The molecule has 0 spiro atoms. The van der Waals surface area contributed by atoms with Gasteiger partial charge in [0, 0.05) is 18.8 Å². The lowest BCUT2D eigenvalue weighted by molar-refractivity contribution is -0.137. The number of hydrogen-bond acceptors (Lipinski definition) is 4. The number of carboxylic acids is 1. The second-order valence-corrected chi connectivity index (χ2v) is 4.80. The number of carbonyl (C=O) groups excluding carboxylic acids is 1. The number of nitrogens with one attached hydrogen (secondary N) is 1. The largest absolute Gasteiger partial charge is 0.481 e. The van der Waals surface area contributed by atoms with E-state index in [-0.39, 0.29) is 13.0 Å². The van der Waals surface area contributed by atoms with Crippen LogP contribution < -0.4 is 5.32 Å². The summed E-state index contributed by atoms with van der Waals surface area (Å²) >= 11 is 0. The number of aryl methyl sites for hydroxylation is 1. The zero-order valence-electron chi connectivity index (χ0n) is 12.1. The number of amides is 1. The Morgan fingerprint density at radius 2 is 2.09 bits per heavy atom. The van der Waals surface area contributed by atoms with Crippen molar-refractivity contribution in [1.82, 2.24) is 15.1 Å². The maximum atomic E-state index is 11.8. The van der Waals surface area contributed by atoms with Crippen molar-refractivity contribution in [3.05, 3.63) is 53.9 Å². The number of aromatic nitrogens is 2. The van der Waals surface area contributed by atoms with Gasteiger partial charge in [0.15, 0.2) is 0 Å². The third-order valence-corrected chi connectivity index (χ3v) is 3.01. The molecule has 0 unspecified atom stereocenters. The van der Waals surface area contributed by atoms with Crippen LogP contribution in [0.15, 0.2) is 42.7 Å². The highest BCUT2D eigenvalue weighted by Gasteiger charge is 2.20. The van der Waals surface area contributed by atoms with Gasteiger partial charge in [-0.2, -0.15) is 5.10 Å². The number of ether oxygens (including phenoxy) is 1. The number of alkyl carbamates (subject to hydrolysis) is 1. The van der Waals surface area contributed by atoms with E-state index in [9.17, 15) is 9.59 Å². The number of benzene rings is 1. The Kier molecular flexibility index (Phi) is 5.13. The van der Waals surface area contributed by atoms with Crippen molar-refractivity contribution in [3.8, 4) is 0 Å². The molecular weight excluding hydrogens is 286 g/mol. The molecule has 116 valence electrons. The first-order valence-corrected chi connectivity index (χ1v) is 6.72. The van der Waals surface area contributed by atoms with Crippen LogP contribution in [0.5, 0.6) is 0 Å². The molecule has 1 aromatic carbocycles. The van der Waals surface area contributed by atoms with Gasteiger partial charge in [-0.1, -0.05) is 30.3 Å². The van der Waals surface area contributed by atoms with Crippen LogP contribution in [0.1, 0.15) is 23.6 Å². The van der Waals surface area contributed by atoms with Crippen LogP contribution in [0.25, 0.3) is 0 Å². The predicted molar refractivity (Wildman–Crippen MR) is 78.0 cm³/mol. The van der Waals surface area contributed by atoms with E-state index in [2.05, 4.69) is 10.4 Å². The Bertz CT molecular complexity index is 639. The van der Waals surface area contributed by atoms with E-state index in [0.29, 0.717) is 5.56 Å². The van der Waals surface area contributed by atoms with Crippen molar-refractivity contribution < 1.29 is 19.4 Å². The monoisotopic (exact) mass is 303 g/mol. The Balaban J connectivity index is 1.94. The van der Waals surface area contributed by atoms with E-state index in [1.165, 1.54) is 6.20 Å². The minimum Gasteiger partial charge on any atom is -0.481 e. The Labute approximate surface area is 127 Å². The summed E-state index contributed by atoms with van der Waals surface area (Å²) in [7, 11) is 1.72. The predicted octanol–water partition coefficient (Wildman–Crippen LogP) is 1.86. The molecule has 2 aromatic rings. The van der Waals surface area contributed by atoms with Gasteiger partial charge in [-0.25, -0.2) is 4.79 Å². The van der Waals surface area contributed by atoms with Gasteiger partial charge in [0.1, 0.15) is 6.61 Å². The van der Waals surface area contributed by atoms with E-state index in [1.807, 2.05) is 30.3 Å². The van der Waals surface area contributed by atoms with E-state index in [0.717, 1.165) is 5.56 Å². The molecule has 0 aliphatic rings. The fourth-order valence-corrected chi connectivity index (χ4v) is 1.95. The zero-order valence-corrected chi connectivity index (χ0v) is 12.1. The Morgan fingerprint density at radius 3 is 2.68 bits per heavy atom. The van der Waals surface area contributed by atoms with Crippen molar-refractivity contribution in [2.24, 2.45) is 7.05 Å². The van der Waals surface area contributed by atoms with E-state index in [4.69, 9.17) is 9.84 Å². The van der Waals surface area contributed by atoms with Crippen molar-refractivity contribution in [3.63, 3.8) is 0 Å². The Hall–Kier alpha value is -2.83. The molecule has 7 heteroatoms. The topological polar surface area (TPSA) is 93.5 Å². The molecule has 0 saturated heterocycles. The van der Waals surface area contributed by atoms with Crippen LogP contribution >= 0.6 is 0 Å². The van der Waals surface area contributed by atoms with Gasteiger partial charge in [-0.05, 0) is 5.56 Å². The van der Waals surface area contributed by atoms with Gasteiger partial charge < -0.3 is 15.2 Å². The molecule has 2 rings (SSSR count). The van der Waals surface area contributed by atoms with Gasteiger partial charge >= 0.3 is 12.1 Å². The van der Waals surface area contributed by atoms with Gasteiger partial charge in [0.25, 0.3) is 0 Å². The first-order chi connectivity index (χ1) is 10.5. The molecule has 0 fully saturated rings. The second kappa shape index (κ2) is 7.26. The molecular formula is C15H17N3O4. The third kappa shape index (κ3) is 4.62. The zero-order chi connectivity index (χ0) is 15.9. The molecule has 0 saturated carbocycles. The SMILES string of the molecule is Cn1cc([C@@H](CC(=O)O)NC(=O)OCc2ccccc2)cn1. The maximum Gasteiger partial charge on any atom is 0.407 e. The Morgan fingerprint density at radius 1 is 1.36 bits per heavy atom. The summed E-state index contributed by atoms with van der Waals surface area (Å²) in [5, 5.41) is 15.5. The van der Waals surface area contributed by atoms with Gasteiger partial charge in [0.05, 0.1) is 18.7 Å². The first-order valence-electron chi connectivity index (χ1n) is 6.72. The van der Waals surface area contributed by atoms with Crippen molar-refractivity contribution >= 4 is 12.1 Å². The first kappa shape index (κ1) is 15.6. The van der Waals surface area contributed by atoms with E-state index >= 15 is 0 Å². The highest BCUT2D eigenvalue weighted by Crippen LogP contribution is 2.16. The quantitative estimate of drug-likeness (QED) is 0.849. The van der Waals surface area contributed by atoms with Crippen LogP contribution in [-0.2, 0) is 23.2 Å². The normalized spacial score (nSPS) is 11.7. The summed E-state index contributed by atoms with van der Waals surface area (Å²) in [4.78, 5) is 22.8. The highest BCUT2D eigenvalue weighted by molar-refractivity contribution is 5.71. The smallest absolute Gasteiger partial charge is 0.407 e. The molecule has 1 aromatic heterocycles. The average molecular weight is 303 g/mol. The number of aliphatic carboxylic acids is 1. The van der Waals surface area contributed by atoms with Crippen molar-refractivity contribution in [2.45, 2.75) is 19.1 Å². The number of hydrogen-bond donors (Lipinski definition) is 2. The van der Waals surface area contributed by atoms with E-state index < -0.39 is 18.1 Å². The lowest BCUT2D eigenvalue weighted by Gasteiger charge is -2.15. The molecule has 0 aliphatic carbocycles. The molecule has 1 amide bonds. The molecule has 22 heavy (non-hydrogen) atoms. The highest BCUT2D eigenvalue weighted by atomic mass is 16.5. The summed E-state index contributed by atoms with van der Waals surface area (Å²) < 4.78 is 6.64. The van der Waals surface area contributed by atoms with Crippen molar-refractivity contribution in [1.29, 1.82) is 0 Å². The molecule has 0 aliphatic heterocycles. The lowest BCUT2D eigenvalue weighted by atomic mass is 10.1. The summed E-state index contributed by atoms with van der Waals surface area (Å²) in [6.07, 6.45) is 2.27. The molecule has 0 bridgehead atoms. The van der Waals surface area contributed by atoms with Gasteiger partial charge in [-0.3, -0.25) is 9.48 Å². The summed E-state index contributed by atoms with van der Waals surface area (Å²) in [6.45, 7) is 0.125. The average Bonchev–Trinajstić information content (AvgIpc) is 2.92. The molecule has 2 N–H and O–H groups in total. The van der Waals surface area contributed by atoms with Crippen LogP contribution in [0.4, 0.5) is 4.79 Å². The summed E-state index contributed by atoms with van der Waals surface area (Å²) in [5.74, 6) is -1.02. The second-order valence-electron chi connectivity index (χ2n) is 4.80. The standard InChI is InChI=1S/C15H17N3O4/c1-18-9-12(8-16-18)13(7-14(19)20)17-15(21)22-10-11-5-3-2-4-6-11/h2-6,8-9,13H,7,10H2,1H3,(H,17,21)(H,19,20)/t13-/m1/s1. The summed E-state index contributed by atoms with van der Waals surface area (Å²) in [5.41, 5.74) is 1.47. The van der Waals surface area contributed by atoms with E-state index in [1.54, 1.807) is 17.9 Å². The number of carboxylic acid groups (broad SMARTS) is 1. The van der Waals surface area contributed by atoms with Crippen LogP contribution in [0.3, 0.4) is 0 Å². The minimum absolute atomic E-state index is 0.125. The fourth-order valence-electron chi connectivity index (χ4n) is 1.95. The molecule has 1 atom stereocenters. The number of carbonyl (C=O) groups is 2. The minimum atomic E-state index is -1.02. The van der Waals surface area contributed by atoms with Crippen LogP contribution in [0, 0.1) is 0 Å². The fraction of sp³-hybridized carbons (Fsp3) is 0.267. The molecule has 7 nitrogen and oxygen atoms in total. The van der Waals surface area contributed by atoms with Crippen LogP contribution in [0.2, 0.25) is 0 Å². The molecule has 0 radical (unpaired) electrons. The third-order valence-electron chi connectivity index (χ3n) is 3.01. The van der Waals surface area contributed by atoms with Gasteiger partial charge in [0.2, 0.25) is 0 Å². The summed E-state index contributed by atoms with van der Waals surface area (Å²) in [6, 6.07) is 8.55. The number of nitrogens with zero attached hydrogens (tertiary/aromatic N) is 2. The maximum absolute atomic E-state index is 11.8. The lowest BCUT2D eigenvalue weighted by Crippen LogP contribution is -2.30. The molecule has 1 heterocycles. The van der Waals surface area contributed by atoms with Gasteiger partial charge in [-0.15, -0.1) is 0 Å².